The van der Waals surface area contributed by atoms with Gasteiger partial charge in [0.2, 0.25) is 0 Å². The summed E-state index contributed by atoms with van der Waals surface area (Å²) in [6.45, 7) is 0.459. The Hall–Kier alpha value is -4.17. The van der Waals surface area contributed by atoms with Crippen LogP contribution in [-0.2, 0) is 12.7 Å². The third-order valence-corrected chi connectivity index (χ3v) is 6.73. The zero-order valence-corrected chi connectivity index (χ0v) is 21.6. The van der Waals surface area contributed by atoms with E-state index in [1.165, 1.54) is 6.07 Å². The smallest absolute Gasteiger partial charge is 0.416 e. The lowest BCUT2D eigenvalue weighted by molar-refractivity contribution is -0.137. The number of hydrogen-bond donors (Lipinski definition) is 1. The van der Waals surface area contributed by atoms with Crippen molar-refractivity contribution in [2.75, 3.05) is 13.7 Å². The molecule has 1 atom stereocenters. The fourth-order valence-electron chi connectivity index (χ4n) is 4.57. The van der Waals surface area contributed by atoms with E-state index in [1.54, 1.807) is 42.3 Å². The average Bonchev–Trinajstić information content (AvgIpc) is 3.30. The van der Waals surface area contributed by atoms with Crippen LogP contribution in [0.1, 0.15) is 22.7 Å². The lowest BCUT2D eigenvalue weighted by Crippen LogP contribution is -2.27. The average molecular weight is 553 g/mol. The van der Waals surface area contributed by atoms with Crippen molar-refractivity contribution < 1.29 is 27.4 Å². The van der Waals surface area contributed by atoms with Crippen molar-refractivity contribution >= 4 is 17.6 Å². The molecular formula is C30H24ClF3N2O3. The summed E-state index contributed by atoms with van der Waals surface area (Å²) in [5, 5.41) is 3.42. The normalized spacial score (nSPS) is 15.3. The molecule has 1 aliphatic heterocycles. The summed E-state index contributed by atoms with van der Waals surface area (Å²) in [5.41, 5.74) is 2.16. The van der Waals surface area contributed by atoms with Crippen molar-refractivity contribution in [3.8, 4) is 28.4 Å². The number of para-hydroxylation sites is 1. The Labute approximate surface area is 228 Å². The van der Waals surface area contributed by atoms with E-state index < -0.39 is 17.8 Å². The highest BCUT2D eigenvalue weighted by Crippen LogP contribution is 2.36. The standard InChI is InChI=1S/C30H24ClF3N2O3/c1-38-28-21(17-36-18-27(35-29(36)37)20-4-2-6-22(16-20)30(32,33)34)5-3-7-26(28)19-8-12-24(13-9-19)39-25-14-10-23(31)11-15-25/h2-16,27H,17-18H2,1H3,(H,35,37). The quantitative estimate of drug-likeness (QED) is 0.252. The maximum atomic E-state index is 13.2. The molecule has 4 aromatic rings. The highest BCUT2D eigenvalue weighted by molar-refractivity contribution is 6.30. The molecule has 2 amide bonds. The van der Waals surface area contributed by atoms with Crippen molar-refractivity contribution in [3.05, 3.63) is 113 Å². The second kappa shape index (κ2) is 10.9. The lowest BCUT2D eigenvalue weighted by atomic mass is 10.0. The number of rotatable bonds is 7. The Balaban J connectivity index is 1.33. The van der Waals surface area contributed by atoms with Crippen molar-refractivity contribution in [2.45, 2.75) is 18.8 Å². The zero-order valence-electron chi connectivity index (χ0n) is 20.8. The number of alkyl halides is 3. The minimum absolute atomic E-state index is 0.226. The van der Waals surface area contributed by atoms with Crippen molar-refractivity contribution in [1.29, 1.82) is 0 Å². The molecule has 5 nitrogen and oxygen atoms in total. The van der Waals surface area contributed by atoms with Crippen LogP contribution in [0.3, 0.4) is 0 Å². The summed E-state index contributed by atoms with van der Waals surface area (Å²) in [5.74, 6) is 1.93. The van der Waals surface area contributed by atoms with Crippen LogP contribution in [0.25, 0.3) is 11.1 Å². The first-order valence-electron chi connectivity index (χ1n) is 12.1. The summed E-state index contributed by atoms with van der Waals surface area (Å²) >= 11 is 5.93. The van der Waals surface area contributed by atoms with E-state index in [-0.39, 0.29) is 19.1 Å². The van der Waals surface area contributed by atoms with Gasteiger partial charge >= 0.3 is 12.2 Å². The summed E-state index contributed by atoms with van der Waals surface area (Å²) in [4.78, 5) is 14.3. The molecule has 1 saturated heterocycles. The van der Waals surface area contributed by atoms with Crippen LogP contribution in [0.5, 0.6) is 17.2 Å². The summed E-state index contributed by atoms with van der Waals surface area (Å²) < 4.78 is 51.1. The SMILES string of the molecule is COc1c(CN2CC(c3cccc(C(F)(F)F)c3)NC2=O)cccc1-c1ccc(Oc2ccc(Cl)cc2)cc1. The van der Waals surface area contributed by atoms with Crippen molar-refractivity contribution in [2.24, 2.45) is 0 Å². The van der Waals surface area contributed by atoms with Gasteiger partial charge in [-0.3, -0.25) is 0 Å². The topological polar surface area (TPSA) is 50.8 Å². The maximum Gasteiger partial charge on any atom is 0.416 e. The minimum Gasteiger partial charge on any atom is -0.496 e. The number of amides is 2. The van der Waals surface area contributed by atoms with E-state index in [2.05, 4.69) is 5.32 Å². The molecule has 0 radical (unpaired) electrons. The minimum atomic E-state index is -4.45. The first-order valence-corrected chi connectivity index (χ1v) is 12.5. The predicted octanol–water partition coefficient (Wildman–Crippen LogP) is 8.09. The van der Waals surface area contributed by atoms with Gasteiger partial charge in [0.1, 0.15) is 17.2 Å². The molecule has 0 spiro atoms. The highest BCUT2D eigenvalue weighted by atomic mass is 35.5. The highest BCUT2D eigenvalue weighted by Gasteiger charge is 2.34. The number of methoxy groups -OCH3 is 1. The molecule has 1 fully saturated rings. The third kappa shape index (κ3) is 5.96. The van der Waals surface area contributed by atoms with Gasteiger partial charge in [-0.1, -0.05) is 54.1 Å². The molecule has 1 heterocycles. The van der Waals surface area contributed by atoms with Crippen LogP contribution in [-0.4, -0.2) is 24.6 Å². The lowest BCUT2D eigenvalue weighted by Gasteiger charge is -2.19. The number of nitrogens with one attached hydrogen (secondary N) is 1. The molecule has 1 unspecified atom stereocenters. The second-order valence-electron chi connectivity index (χ2n) is 9.08. The molecule has 200 valence electrons. The number of benzene rings is 4. The summed E-state index contributed by atoms with van der Waals surface area (Å²) in [6, 6.07) is 24.4. The molecule has 39 heavy (non-hydrogen) atoms. The number of nitrogens with zero attached hydrogens (tertiary/aromatic N) is 1. The number of carbonyl (C=O) groups is 1. The largest absolute Gasteiger partial charge is 0.496 e. The maximum absolute atomic E-state index is 13.2. The number of ether oxygens (including phenoxy) is 2. The second-order valence-corrected chi connectivity index (χ2v) is 9.52. The molecule has 0 bridgehead atoms. The van der Waals surface area contributed by atoms with Gasteiger partial charge in [0.05, 0.1) is 25.3 Å². The molecule has 5 rings (SSSR count). The predicted molar refractivity (Wildman–Crippen MR) is 143 cm³/mol. The zero-order chi connectivity index (χ0) is 27.6. The molecule has 1 aliphatic rings. The van der Waals surface area contributed by atoms with Crippen LogP contribution in [0, 0.1) is 0 Å². The Morgan fingerprint density at radius 1 is 0.949 bits per heavy atom. The Bertz CT molecular complexity index is 1470. The molecule has 9 heteroatoms. The Morgan fingerprint density at radius 3 is 2.28 bits per heavy atom. The Kier molecular flexibility index (Phi) is 7.39. The van der Waals surface area contributed by atoms with Crippen LogP contribution < -0.4 is 14.8 Å². The first-order chi connectivity index (χ1) is 18.7. The van der Waals surface area contributed by atoms with Gasteiger partial charge in [-0.2, -0.15) is 13.2 Å². The fraction of sp³-hybridized carbons (Fsp3) is 0.167. The van der Waals surface area contributed by atoms with Crippen LogP contribution in [0.15, 0.2) is 91.0 Å². The van der Waals surface area contributed by atoms with Crippen LogP contribution >= 0.6 is 11.6 Å². The molecular weight excluding hydrogens is 529 g/mol. The van der Waals surface area contributed by atoms with E-state index in [1.807, 2.05) is 42.5 Å². The molecule has 0 aromatic heterocycles. The Morgan fingerprint density at radius 2 is 1.62 bits per heavy atom. The molecule has 0 saturated carbocycles. The van der Waals surface area contributed by atoms with Gasteiger partial charge in [-0.15, -0.1) is 0 Å². The molecule has 1 N–H and O–H groups in total. The van der Waals surface area contributed by atoms with Crippen molar-refractivity contribution in [3.63, 3.8) is 0 Å². The third-order valence-electron chi connectivity index (χ3n) is 6.48. The van der Waals surface area contributed by atoms with Gasteiger partial charge in [0, 0.05) is 22.7 Å². The number of hydrogen-bond acceptors (Lipinski definition) is 3. The first kappa shape index (κ1) is 26.4. The fourth-order valence-corrected chi connectivity index (χ4v) is 4.70. The number of halogens is 4. The van der Waals surface area contributed by atoms with E-state index in [0.29, 0.717) is 27.8 Å². The van der Waals surface area contributed by atoms with E-state index in [4.69, 9.17) is 21.1 Å². The van der Waals surface area contributed by atoms with Crippen molar-refractivity contribution in [1.82, 2.24) is 10.2 Å². The number of urea groups is 1. The van der Waals surface area contributed by atoms with E-state index in [0.717, 1.165) is 28.8 Å². The van der Waals surface area contributed by atoms with E-state index >= 15 is 0 Å². The van der Waals surface area contributed by atoms with Crippen LogP contribution in [0.4, 0.5) is 18.0 Å². The molecule has 4 aromatic carbocycles. The van der Waals surface area contributed by atoms with Gasteiger partial charge in [-0.25, -0.2) is 4.79 Å². The van der Waals surface area contributed by atoms with Crippen LogP contribution in [0.2, 0.25) is 5.02 Å². The summed E-state index contributed by atoms with van der Waals surface area (Å²) in [6.07, 6.45) is -4.45. The van der Waals surface area contributed by atoms with Gasteiger partial charge in [0.25, 0.3) is 0 Å². The monoisotopic (exact) mass is 552 g/mol. The summed E-state index contributed by atoms with van der Waals surface area (Å²) in [7, 11) is 1.57. The van der Waals surface area contributed by atoms with E-state index in [9.17, 15) is 18.0 Å². The number of carbonyl (C=O) groups excluding carboxylic acids is 1. The van der Waals surface area contributed by atoms with Gasteiger partial charge in [0.15, 0.2) is 0 Å². The van der Waals surface area contributed by atoms with Gasteiger partial charge < -0.3 is 19.7 Å². The van der Waals surface area contributed by atoms with Gasteiger partial charge in [-0.05, 0) is 59.7 Å². The molecule has 0 aliphatic carbocycles.